The molecule has 16 heavy (non-hydrogen) atoms. The number of rotatable bonds is 2. The lowest BCUT2D eigenvalue weighted by atomic mass is 9.70. The molecular weight excluding hydrogens is 270 g/mol. The Balaban J connectivity index is 3.43. The third-order valence-corrected chi connectivity index (χ3v) is 4.11. The second kappa shape index (κ2) is 4.52. The van der Waals surface area contributed by atoms with E-state index < -0.39 is 21.8 Å². The first kappa shape index (κ1) is 13.8. The Morgan fingerprint density at radius 2 is 1.81 bits per heavy atom. The third-order valence-electron chi connectivity index (χ3n) is 2.89. The number of halogens is 3. The first-order chi connectivity index (χ1) is 7.21. The Morgan fingerprint density at radius 1 is 1.31 bits per heavy atom. The van der Waals surface area contributed by atoms with Gasteiger partial charge in [-0.15, -0.1) is 0 Å². The van der Waals surface area contributed by atoms with Crippen LogP contribution in [-0.4, -0.2) is 10.5 Å². The molecule has 1 aliphatic carbocycles. The van der Waals surface area contributed by atoms with Crippen molar-refractivity contribution in [1.29, 1.82) is 0 Å². The van der Waals surface area contributed by atoms with Crippen LogP contribution in [0.15, 0.2) is 22.3 Å². The second-order valence-corrected chi connectivity index (χ2v) is 5.21. The van der Waals surface area contributed by atoms with E-state index in [1.54, 1.807) is 26.8 Å². The fourth-order valence-electron chi connectivity index (χ4n) is 2.06. The highest BCUT2D eigenvalue weighted by molar-refractivity contribution is 6.68. The van der Waals surface area contributed by atoms with Gasteiger partial charge in [0, 0.05) is 5.03 Å². The van der Waals surface area contributed by atoms with Crippen LogP contribution >= 0.6 is 34.8 Å². The fraction of sp³-hybridized carbons (Fsp3) is 0.455. The predicted octanol–water partition coefficient (Wildman–Crippen LogP) is 3.61. The molecule has 0 fully saturated rings. The molecular formula is C11H11Cl3O2. The maximum atomic E-state index is 11.5. The van der Waals surface area contributed by atoms with E-state index in [0.717, 1.165) is 5.57 Å². The second-order valence-electron chi connectivity index (χ2n) is 4.12. The van der Waals surface area contributed by atoms with Gasteiger partial charge in [-0.3, -0.25) is 9.59 Å². The number of carbonyl (C=O) groups is 2. The molecule has 1 aliphatic rings. The highest BCUT2D eigenvalue weighted by Gasteiger charge is 2.46. The van der Waals surface area contributed by atoms with Gasteiger partial charge in [-0.1, -0.05) is 17.7 Å². The number of hydrogen-bond donors (Lipinski definition) is 0. The van der Waals surface area contributed by atoms with E-state index in [1.165, 1.54) is 0 Å². The van der Waals surface area contributed by atoms with E-state index in [9.17, 15) is 9.59 Å². The van der Waals surface area contributed by atoms with Crippen molar-refractivity contribution in [3.63, 3.8) is 0 Å². The monoisotopic (exact) mass is 280 g/mol. The van der Waals surface area contributed by atoms with Crippen LogP contribution in [0.3, 0.4) is 0 Å². The predicted molar refractivity (Wildman–Crippen MR) is 65.6 cm³/mol. The van der Waals surface area contributed by atoms with Crippen molar-refractivity contribution in [2.24, 2.45) is 11.3 Å². The summed E-state index contributed by atoms with van der Waals surface area (Å²) in [5.74, 6) is -0.796. The topological polar surface area (TPSA) is 34.1 Å². The highest BCUT2D eigenvalue weighted by Crippen LogP contribution is 2.45. The molecule has 0 saturated heterocycles. The zero-order valence-electron chi connectivity index (χ0n) is 9.11. The summed E-state index contributed by atoms with van der Waals surface area (Å²) < 4.78 is 0. The molecule has 0 aromatic carbocycles. The maximum Gasteiger partial charge on any atom is 0.232 e. The molecule has 0 saturated carbocycles. The van der Waals surface area contributed by atoms with Crippen LogP contribution in [0.5, 0.6) is 0 Å². The first-order valence-corrected chi connectivity index (χ1v) is 5.80. The fourth-order valence-corrected chi connectivity index (χ4v) is 2.78. The van der Waals surface area contributed by atoms with Crippen molar-refractivity contribution in [2.75, 3.05) is 0 Å². The summed E-state index contributed by atoms with van der Waals surface area (Å²) in [6, 6.07) is 0. The van der Waals surface area contributed by atoms with Crippen molar-refractivity contribution in [3.05, 3.63) is 22.3 Å². The molecule has 0 heterocycles. The van der Waals surface area contributed by atoms with Crippen LogP contribution in [0.4, 0.5) is 0 Å². The van der Waals surface area contributed by atoms with Crippen LogP contribution in [0, 0.1) is 11.3 Å². The minimum absolute atomic E-state index is 0.467. The summed E-state index contributed by atoms with van der Waals surface area (Å²) in [5, 5.41) is -0.778. The van der Waals surface area contributed by atoms with Crippen molar-refractivity contribution < 1.29 is 9.59 Å². The third kappa shape index (κ3) is 2.06. The van der Waals surface area contributed by atoms with Gasteiger partial charge in [0.1, 0.15) is 0 Å². The van der Waals surface area contributed by atoms with Gasteiger partial charge in [0.15, 0.2) is 0 Å². The smallest absolute Gasteiger partial charge is 0.232 e. The zero-order valence-corrected chi connectivity index (χ0v) is 11.4. The zero-order chi connectivity index (χ0) is 12.7. The molecule has 1 rings (SSSR count). The Hall–Kier alpha value is -0.310. The molecule has 2 unspecified atom stereocenters. The van der Waals surface area contributed by atoms with Gasteiger partial charge >= 0.3 is 0 Å². The standard InChI is InChI=1S/C11H11Cl3O2/c1-5-4-11(3,10(14)16)7(9(13)15)6(2)8(5)12/h4,7H,1-3H3. The van der Waals surface area contributed by atoms with Gasteiger partial charge in [0.05, 0.1) is 11.3 Å². The van der Waals surface area contributed by atoms with Gasteiger partial charge in [-0.05, 0) is 55.1 Å². The Kier molecular flexibility index (Phi) is 3.88. The lowest BCUT2D eigenvalue weighted by Gasteiger charge is -2.34. The highest BCUT2D eigenvalue weighted by atomic mass is 35.5. The van der Waals surface area contributed by atoms with Crippen LogP contribution in [0.25, 0.3) is 0 Å². The molecule has 2 atom stereocenters. The summed E-state index contributed by atoms with van der Waals surface area (Å²) in [7, 11) is 0. The van der Waals surface area contributed by atoms with E-state index in [0.29, 0.717) is 10.6 Å². The molecule has 2 nitrogen and oxygen atoms in total. The summed E-state index contributed by atoms with van der Waals surface area (Å²) in [6.07, 6.45) is 1.60. The first-order valence-electron chi connectivity index (χ1n) is 4.67. The number of hydrogen-bond acceptors (Lipinski definition) is 2. The van der Waals surface area contributed by atoms with E-state index in [1.807, 2.05) is 0 Å². The van der Waals surface area contributed by atoms with Crippen molar-refractivity contribution in [3.8, 4) is 0 Å². The number of carbonyl (C=O) groups excluding carboxylic acids is 2. The molecule has 0 amide bonds. The Morgan fingerprint density at radius 3 is 2.19 bits per heavy atom. The van der Waals surface area contributed by atoms with E-state index >= 15 is 0 Å². The molecule has 0 radical (unpaired) electrons. The summed E-state index contributed by atoms with van der Waals surface area (Å²) in [5.41, 5.74) is 0.190. The maximum absolute atomic E-state index is 11.5. The normalized spacial score (nSPS) is 30.1. The summed E-state index contributed by atoms with van der Waals surface area (Å²) in [6.45, 7) is 5.03. The summed E-state index contributed by atoms with van der Waals surface area (Å²) in [4.78, 5) is 22.9. The molecule has 0 spiro atoms. The minimum atomic E-state index is -1.12. The molecule has 0 bridgehead atoms. The van der Waals surface area contributed by atoms with E-state index in [4.69, 9.17) is 34.8 Å². The van der Waals surface area contributed by atoms with Crippen molar-refractivity contribution in [1.82, 2.24) is 0 Å². The van der Waals surface area contributed by atoms with Crippen LogP contribution in [0.2, 0.25) is 0 Å². The van der Waals surface area contributed by atoms with Crippen LogP contribution in [0.1, 0.15) is 20.8 Å². The quantitative estimate of drug-likeness (QED) is 0.725. The molecule has 0 aromatic rings. The van der Waals surface area contributed by atoms with Crippen LogP contribution in [-0.2, 0) is 9.59 Å². The Bertz CT molecular complexity index is 423. The lowest BCUT2D eigenvalue weighted by Crippen LogP contribution is -2.38. The molecule has 5 heteroatoms. The molecule has 0 aromatic heterocycles. The van der Waals surface area contributed by atoms with Gasteiger partial charge in [0.25, 0.3) is 0 Å². The minimum Gasteiger partial charge on any atom is -0.281 e. The van der Waals surface area contributed by atoms with E-state index in [2.05, 4.69) is 0 Å². The molecule has 0 N–H and O–H groups in total. The van der Waals surface area contributed by atoms with Gasteiger partial charge in [-0.2, -0.15) is 0 Å². The summed E-state index contributed by atoms with van der Waals surface area (Å²) >= 11 is 17.1. The van der Waals surface area contributed by atoms with Crippen molar-refractivity contribution >= 4 is 45.3 Å². The van der Waals surface area contributed by atoms with E-state index in [-0.39, 0.29) is 0 Å². The molecule has 0 aliphatic heterocycles. The Labute approximate surface area is 109 Å². The van der Waals surface area contributed by atoms with Crippen molar-refractivity contribution in [2.45, 2.75) is 20.8 Å². The lowest BCUT2D eigenvalue weighted by molar-refractivity contribution is -0.125. The van der Waals surface area contributed by atoms with Gasteiger partial charge in [0.2, 0.25) is 10.5 Å². The SMILES string of the molecule is CC1=CC(C)(C(=O)Cl)C(C(=O)Cl)C(C)=C1Cl. The van der Waals surface area contributed by atoms with Gasteiger partial charge < -0.3 is 0 Å². The largest absolute Gasteiger partial charge is 0.281 e. The van der Waals surface area contributed by atoms with Gasteiger partial charge in [-0.25, -0.2) is 0 Å². The molecule has 88 valence electrons. The van der Waals surface area contributed by atoms with Crippen LogP contribution < -0.4 is 0 Å². The average Bonchev–Trinajstić information content (AvgIpc) is 2.13. The number of allylic oxidation sites excluding steroid dienone is 4. The average molecular weight is 282 g/mol.